The van der Waals surface area contributed by atoms with Crippen LogP contribution in [0.5, 0.6) is 0 Å². The van der Waals surface area contributed by atoms with Gasteiger partial charge in [-0.2, -0.15) is 0 Å². The van der Waals surface area contributed by atoms with Gasteiger partial charge in [0.2, 0.25) is 0 Å². The number of likely N-dealkylation sites (tertiary alicyclic amines) is 1. The zero-order chi connectivity index (χ0) is 14.7. The quantitative estimate of drug-likeness (QED) is 0.940. The van der Waals surface area contributed by atoms with Crippen molar-refractivity contribution in [2.24, 2.45) is 0 Å². The fourth-order valence-corrected chi connectivity index (χ4v) is 3.72. The number of aromatic nitrogens is 1. The van der Waals surface area contributed by atoms with E-state index in [0.717, 1.165) is 29.9 Å². The molecule has 1 aromatic carbocycles. The maximum Gasteiger partial charge on any atom is 0.251 e. The monoisotopic (exact) mass is 323 g/mol. The number of nitrogens with one attached hydrogen (secondary N) is 1. The van der Waals surface area contributed by atoms with Gasteiger partial charge in [0, 0.05) is 18.7 Å². The molecule has 1 aromatic heterocycles. The topological polar surface area (TPSA) is 45.2 Å². The van der Waals surface area contributed by atoms with Gasteiger partial charge >= 0.3 is 0 Å². The second kappa shape index (κ2) is 6.73. The second-order valence-electron chi connectivity index (χ2n) is 5.31. The largest absolute Gasteiger partial charge is 0.351 e. The van der Waals surface area contributed by atoms with Crippen LogP contribution < -0.4 is 5.32 Å². The van der Waals surface area contributed by atoms with Crippen molar-refractivity contribution in [3.63, 3.8) is 0 Å². The van der Waals surface area contributed by atoms with Crippen molar-refractivity contribution in [1.29, 1.82) is 0 Å². The summed E-state index contributed by atoms with van der Waals surface area (Å²) in [6.45, 7) is 3.93. The predicted octanol–water partition coefficient (Wildman–Crippen LogP) is 3.17. The summed E-state index contributed by atoms with van der Waals surface area (Å²) in [5.41, 5.74) is 1.51. The molecule has 21 heavy (non-hydrogen) atoms. The highest BCUT2D eigenvalue weighted by molar-refractivity contribution is 7.22. The predicted molar refractivity (Wildman–Crippen MR) is 87.3 cm³/mol. The Bertz CT molecular complexity index is 637. The van der Waals surface area contributed by atoms with Crippen LogP contribution in [0.1, 0.15) is 29.6 Å². The van der Waals surface area contributed by atoms with E-state index in [1.165, 1.54) is 30.6 Å². The maximum absolute atomic E-state index is 12.2. The Kier molecular flexibility index (Phi) is 4.73. The summed E-state index contributed by atoms with van der Waals surface area (Å²) < 4.78 is 1.45. The maximum atomic E-state index is 12.2. The molecule has 0 radical (unpaired) electrons. The van der Waals surface area contributed by atoms with E-state index < -0.39 is 0 Å². The third kappa shape index (κ3) is 3.73. The van der Waals surface area contributed by atoms with Crippen molar-refractivity contribution in [2.45, 2.75) is 19.3 Å². The number of fused-ring (bicyclic) bond motifs is 1. The van der Waals surface area contributed by atoms with E-state index in [0.29, 0.717) is 16.6 Å². The minimum absolute atomic E-state index is 0.0292. The zero-order valence-corrected chi connectivity index (χ0v) is 13.3. The molecule has 3 rings (SSSR count). The van der Waals surface area contributed by atoms with Crippen molar-refractivity contribution >= 4 is 39.1 Å². The molecular weight excluding hydrogens is 306 g/mol. The number of carbonyl (C=O) groups excluding carboxylic acids is 1. The third-order valence-corrected chi connectivity index (χ3v) is 4.91. The van der Waals surface area contributed by atoms with Crippen molar-refractivity contribution in [3.05, 3.63) is 28.2 Å². The normalized spacial score (nSPS) is 16.2. The molecule has 2 heterocycles. The van der Waals surface area contributed by atoms with E-state index >= 15 is 0 Å². The SMILES string of the molecule is O=C(NCCN1CCCCC1)c1ccc2nc(Cl)sc2c1. The van der Waals surface area contributed by atoms with E-state index in [1.54, 1.807) is 6.07 Å². The third-order valence-electron chi connectivity index (χ3n) is 3.79. The Hall–Kier alpha value is -1.17. The molecule has 0 atom stereocenters. The Morgan fingerprint density at radius 1 is 1.33 bits per heavy atom. The number of amides is 1. The van der Waals surface area contributed by atoms with Gasteiger partial charge in [-0.1, -0.05) is 18.0 Å². The van der Waals surface area contributed by atoms with Gasteiger partial charge in [-0.05, 0) is 44.1 Å². The number of hydrogen-bond donors (Lipinski definition) is 1. The summed E-state index contributed by atoms with van der Waals surface area (Å²) in [6, 6.07) is 5.50. The fourth-order valence-electron chi connectivity index (χ4n) is 2.65. The number of piperidine rings is 1. The van der Waals surface area contributed by atoms with E-state index in [2.05, 4.69) is 15.2 Å². The van der Waals surface area contributed by atoms with Gasteiger partial charge in [0.1, 0.15) is 0 Å². The standard InChI is InChI=1S/C15H18ClN3OS/c16-15-18-12-5-4-11(10-13(12)21-15)14(20)17-6-9-19-7-2-1-3-8-19/h4-5,10H,1-3,6-9H2,(H,17,20). The van der Waals surface area contributed by atoms with Crippen LogP contribution >= 0.6 is 22.9 Å². The molecule has 0 aliphatic carbocycles. The first-order chi connectivity index (χ1) is 10.2. The van der Waals surface area contributed by atoms with Gasteiger partial charge in [0.15, 0.2) is 4.47 Å². The number of benzene rings is 1. The molecule has 1 saturated heterocycles. The first-order valence-corrected chi connectivity index (χ1v) is 8.48. The molecule has 6 heteroatoms. The van der Waals surface area contributed by atoms with E-state index in [4.69, 9.17) is 11.6 Å². The van der Waals surface area contributed by atoms with Gasteiger partial charge in [0.05, 0.1) is 10.2 Å². The highest BCUT2D eigenvalue weighted by Gasteiger charge is 2.11. The minimum atomic E-state index is -0.0292. The summed E-state index contributed by atoms with van der Waals surface area (Å²) in [5.74, 6) is -0.0292. The number of nitrogens with zero attached hydrogens (tertiary/aromatic N) is 2. The lowest BCUT2D eigenvalue weighted by Crippen LogP contribution is -2.37. The lowest BCUT2D eigenvalue weighted by molar-refractivity contribution is 0.0946. The second-order valence-corrected chi connectivity index (χ2v) is 6.92. The van der Waals surface area contributed by atoms with Gasteiger partial charge in [-0.3, -0.25) is 4.79 Å². The Morgan fingerprint density at radius 2 is 2.14 bits per heavy atom. The molecule has 0 bridgehead atoms. The summed E-state index contributed by atoms with van der Waals surface area (Å²) >= 11 is 7.28. The molecule has 1 aliphatic rings. The Labute approximate surface area is 133 Å². The molecule has 1 aliphatic heterocycles. The van der Waals surface area contributed by atoms with Crippen LogP contribution in [0.15, 0.2) is 18.2 Å². The molecule has 0 saturated carbocycles. The number of halogens is 1. The van der Waals surface area contributed by atoms with E-state index in [1.807, 2.05) is 12.1 Å². The molecule has 1 amide bonds. The number of carbonyl (C=O) groups is 1. The summed E-state index contributed by atoms with van der Waals surface area (Å²) in [5, 5.41) is 2.99. The number of thiazole rings is 1. The van der Waals surface area contributed by atoms with Crippen molar-refractivity contribution in [1.82, 2.24) is 15.2 Å². The van der Waals surface area contributed by atoms with Gasteiger partial charge in [-0.25, -0.2) is 4.98 Å². The Balaban J connectivity index is 1.55. The summed E-state index contributed by atoms with van der Waals surface area (Å²) in [6.07, 6.45) is 3.88. The smallest absolute Gasteiger partial charge is 0.251 e. The molecular formula is C15H18ClN3OS. The number of rotatable bonds is 4. The van der Waals surface area contributed by atoms with Crippen molar-refractivity contribution < 1.29 is 4.79 Å². The first-order valence-electron chi connectivity index (χ1n) is 7.29. The van der Waals surface area contributed by atoms with Crippen LogP contribution in [0.3, 0.4) is 0 Å². The van der Waals surface area contributed by atoms with Crippen LogP contribution in [0.25, 0.3) is 10.2 Å². The van der Waals surface area contributed by atoms with E-state index in [-0.39, 0.29) is 5.91 Å². The summed E-state index contributed by atoms with van der Waals surface area (Å²) in [7, 11) is 0. The van der Waals surface area contributed by atoms with Crippen LogP contribution in [0, 0.1) is 0 Å². The van der Waals surface area contributed by atoms with Crippen LogP contribution in [0.4, 0.5) is 0 Å². The highest BCUT2D eigenvalue weighted by atomic mass is 35.5. The zero-order valence-electron chi connectivity index (χ0n) is 11.8. The molecule has 1 N–H and O–H groups in total. The van der Waals surface area contributed by atoms with E-state index in [9.17, 15) is 4.79 Å². The molecule has 1 fully saturated rings. The van der Waals surface area contributed by atoms with Crippen molar-refractivity contribution in [3.8, 4) is 0 Å². The Morgan fingerprint density at radius 3 is 2.95 bits per heavy atom. The lowest BCUT2D eigenvalue weighted by atomic mass is 10.1. The van der Waals surface area contributed by atoms with Crippen molar-refractivity contribution in [2.75, 3.05) is 26.2 Å². The lowest BCUT2D eigenvalue weighted by Gasteiger charge is -2.26. The first kappa shape index (κ1) is 14.8. The molecule has 0 spiro atoms. The van der Waals surface area contributed by atoms with Crippen LogP contribution in [-0.2, 0) is 0 Å². The van der Waals surface area contributed by atoms with Gasteiger partial charge < -0.3 is 10.2 Å². The van der Waals surface area contributed by atoms with Gasteiger partial charge in [0.25, 0.3) is 5.91 Å². The summed E-state index contributed by atoms with van der Waals surface area (Å²) in [4.78, 5) is 18.8. The average Bonchev–Trinajstić information content (AvgIpc) is 2.87. The molecule has 0 unspecified atom stereocenters. The molecule has 112 valence electrons. The molecule has 4 nitrogen and oxygen atoms in total. The van der Waals surface area contributed by atoms with Crippen LogP contribution in [0.2, 0.25) is 4.47 Å². The van der Waals surface area contributed by atoms with Crippen LogP contribution in [-0.4, -0.2) is 42.0 Å². The highest BCUT2D eigenvalue weighted by Crippen LogP contribution is 2.26. The molecule has 2 aromatic rings. The van der Waals surface area contributed by atoms with Gasteiger partial charge in [-0.15, -0.1) is 11.3 Å². The fraction of sp³-hybridized carbons (Fsp3) is 0.467. The average molecular weight is 324 g/mol. The minimum Gasteiger partial charge on any atom is -0.351 e. The number of hydrogen-bond acceptors (Lipinski definition) is 4.